The molecule has 0 spiro atoms. The highest BCUT2D eigenvalue weighted by molar-refractivity contribution is 5.98. The highest BCUT2D eigenvalue weighted by Crippen LogP contribution is 2.42. The Morgan fingerprint density at radius 1 is 1.67 bits per heavy atom. The third-order valence-electron chi connectivity index (χ3n) is 2.67. The highest BCUT2D eigenvalue weighted by Gasteiger charge is 2.31. The molecule has 1 saturated carbocycles. The molecule has 1 fully saturated rings. The quantitative estimate of drug-likeness (QED) is 0.341. The van der Waals surface area contributed by atoms with Gasteiger partial charge in [-0.2, -0.15) is 5.10 Å². The van der Waals surface area contributed by atoms with E-state index in [4.69, 9.17) is 10.9 Å². The molecule has 1 aliphatic rings. The number of amidine groups is 1. The van der Waals surface area contributed by atoms with Crippen molar-refractivity contribution in [1.82, 2.24) is 9.78 Å². The summed E-state index contributed by atoms with van der Waals surface area (Å²) >= 11 is 0. The molecule has 1 aromatic rings. The van der Waals surface area contributed by atoms with E-state index in [0.717, 1.165) is 11.3 Å². The maximum Gasteiger partial charge on any atom is 0.173 e. The molecule has 3 N–H and O–H groups in total. The summed E-state index contributed by atoms with van der Waals surface area (Å²) in [6.07, 6.45) is 4.02. The van der Waals surface area contributed by atoms with Crippen molar-refractivity contribution in [3.8, 4) is 0 Å². The summed E-state index contributed by atoms with van der Waals surface area (Å²) < 4.78 is 1.96. The van der Waals surface area contributed by atoms with Gasteiger partial charge in [0.25, 0.3) is 0 Å². The molecule has 5 heteroatoms. The van der Waals surface area contributed by atoms with Crippen LogP contribution in [0, 0.1) is 0 Å². The van der Waals surface area contributed by atoms with Gasteiger partial charge < -0.3 is 10.9 Å². The molecule has 5 nitrogen and oxygen atoms in total. The average molecular weight is 208 g/mol. The average Bonchev–Trinajstić information content (AvgIpc) is 2.95. The van der Waals surface area contributed by atoms with E-state index < -0.39 is 0 Å². The number of hydrogen-bond donors (Lipinski definition) is 2. The van der Waals surface area contributed by atoms with Crippen molar-refractivity contribution >= 4 is 5.84 Å². The van der Waals surface area contributed by atoms with Gasteiger partial charge in [0.2, 0.25) is 0 Å². The lowest BCUT2D eigenvalue weighted by Gasteiger charge is -2.11. The minimum Gasteiger partial charge on any atom is -0.409 e. The van der Waals surface area contributed by atoms with Crippen molar-refractivity contribution in [2.45, 2.75) is 38.6 Å². The van der Waals surface area contributed by atoms with Gasteiger partial charge in [-0.25, -0.2) is 0 Å². The summed E-state index contributed by atoms with van der Waals surface area (Å²) in [7, 11) is 0. The fraction of sp³-hybridized carbons (Fsp3) is 0.600. The molecule has 0 aromatic carbocycles. The maximum absolute atomic E-state index is 8.69. The van der Waals surface area contributed by atoms with Gasteiger partial charge in [0.05, 0.1) is 17.5 Å². The van der Waals surface area contributed by atoms with Gasteiger partial charge in [0.15, 0.2) is 5.84 Å². The Bertz CT molecular complexity index is 390. The zero-order chi connectivity index (χ0) is 11.0. The SMILES string of the molecule is CC(C)n1ncc(/C(N)=N\O)c1C1CC1. The van der Waals surface area contributed by atoms with Crippen LogP contribution in [0.5, 0.6) is 0 Å². The third-order valence-corrected chi connectivity index (χ3v) is 2.67. The fourth-order valence-corrected chi connectivity index (χ4v) is 1.80. The number of rotatable bonds is 3. The first kappa shape index (κ1) is 10.0. The lowest BCUT2D eigenvalue weighted by Crippen LogP contribution is -2.16. The van der Waals surface area contributed by atoms with Crippen LogP contribution in [0.25, 0.3) is 0 Å². The molecule has 0 amide bonds. The molecule has 1 aliphatic carbocycles. The highest BCUT2D eigenvalue weighted by atomic mass is 16.4. The van der Waals surface area contributed by atoms with E-state index in [9.17, 15) is 0 Å². The van der Waals surface area contributed by atoms with E-state index >= 15 is 0 Å². The molecule has 0 radical (unpaired) electrons. The van der Waals surface area contributed by atoms with E-state index in [1.165, 1.54) is 12.8 Å². The van der Waals surface area contributed by atoms with Gasteiger partial charge in [-0.3, -0.25) is 4.68 Å². The van der Waals surface area contributed by atoms with Gasteiger partial charge >= 0.3 is 0 Å². The van der Waals surface area contributed by atoms with Crippen molar-refractivity contribution in [2.24, 2.45) is 10.9 Å². The van der Waals surface area contributed by atoms with Gasteiger partial charge in [-0.1, -0.05) is 5.16 Å². The van der Waals surface area contributed by atoms with E-state index in [1.54, 1.807) is 6.20 Å². The first-order valence-electron chi connectivity index (χ1n) is 5.20. The number of aromatic nitrogens is 2. The Labute approximate surface area is 88.6 Å². The predicted octanol–water partition coefficient (Wildman–Crippen LogP) is 1.44. The predicted molar refractivity (Wildman–Crippen MR) is 57.1 cm³/mol. The monoisotopic (exact) mass is 208 g/mol. The van der Waals surface area contributed by atoms with Gasteiger partial charge in [-0.15, -0.1) is 0 Å². The van der Waals surface area contributed by atoms with E-state index in [0.29, 0.717) is 12.0 Å². The van der Waals surface area contributed by atoms with Crippen LogP contribution in [0.2, 0.25) is 0 Å². The number of nitrogens with two attached hydrogens (primary N) is 1. The van der Waals surface area contributed by atoms with Crippen molar-refractivity contribution in [1.29, 1.82) is 0 Å². The van der Waals surface area contributed by atoms with Crippen LogP contribution in [0.1, 0.15) is 49.9 Å². The number of oxime groups is 1. The minimum atomic E-state index is 0.156. The fourth-order valence-electron chi connectivity index (χ4n) is 1.80. The van der Waals surface area contributed by atoms with Crippen molar-refractivity contribution < 1.29 is 5.21 Å². The van der Waals surface area contributed by atoms with Crippen molar-refractivity contribution in [2.75, 3.05) is 0 Å². The van der Waals surface area contributed by atoms with Gasteiger partial charge in [0, 0.05) is 12.0 Å². The van der Waals surface area contributed by atoms with Crippen LogP contribution in [0.3, 0.4) is 0 Å². The molecule has 82 valence electrons. The van der Waals surface area contributed by atoms with Crippen LogP contribution < -0.4 is 5.73 Å². The summed E-state index contributed by atoms with van der Waals surface area (Å²) in [5, 5.41) is 16.0. The van der Waals surface area contributed by atoms with Crippen LogP contribution in [0.15, 0.2) is 11.4 Å². The molecule has 0 atom stereocenters. The molecule has 0 saturated heterocycles. The Morgan fingerprint density at radius 3 is 2.80 bits per heavy atom. The van der Waals surface area contributed by atoms with Crippen LogP contribution in [-0.4, -0.2) is 20.8 Å². The lowest BCUT2D eigenvalue weighted by atomic mass is 10.1. The molecule has 0 aliphatic heterocycles. The molecule has 1 aromatic heterocycles. The standard InChI is InChI=1S/C10H16N4O/c1-6(2)14-9(7-3-4-7)8(5-12-14)10(11)13-15/h5-7,15H,3-4H2,1-2H3,(H2,11,13). The van der Waals surface area contributed by atoms with Crippen LogP contribution in [-0.2, 0) is 0 Å². The van der Waals surface area contributed by atoms with E-state index in [2.05, 4.69) is 24.1 Å². The summed E-state index contributed by atoms with van der Waals surface area (Å²) in [4.78, 5) is 0. The number of nitrogens with zero attached hydrogens (tertiary/aromatic N) is 3. The second kappa shape index (κ2) is 3.56. The molecule has 15 heavy (non-hydrogen) atoms. The molecule has 0 bridgehead atoms. The smallest absolute Gasteiger partial charge is 0.173 e. The van der Waals surface area contributed by atoms with Crippen molar-refractivity contribution in [3.05, 3.63) is 17.5 Å². The zero-order valence-electron chi connectivity index (χ0n) is 9.01. The number of hydrogen-bond acceptors (Lipinski definition) is 3. The summed E-state index contributed by atoms with van der Waals surface area (Å²) in [6.45, 7) is 4.16. The first-order chi connectivity index (χ1) is 7.15. The Balaban J connectivity index is 2.47. The topological polar surface area (TPSA) is 76.4 Å². The van der Waals surface area contributed by atoms with Crippen LogP contribution in [0.4, 0.5) is 0 Å². The molecule has 0 unspecified atom stereocenters. The maximum atomic E-state index is 8.69. The Hall–Kier alpha value is -1.52. The molecular formula is C10H16N4O. The lowest BCUT2D eigenvalue weighted by molar-refractivity contribution is 0.318. The second-order valence-electron chi connectivity index (χ2n) is 4.24. The second-order valence-corrected chi connectivity index (χ2v) is 4.24. The minimum absolute atomic E-state index is 0.156. The molecule has 2 rings (SSSR count). The largest absolute Gasteiger partial charge is 0.409 e. The van der Waals surface area contributed by atoms with E-state index in [-0.39, 0.29) is 5.84 Å². The Morgan fingerprint density at radius 2 is 2.33 bits per heavy atom. The summed E-state index contributed by atoms with van der Waals surface area (Å²) in [5.74, 6) is 0.689. The first-order valence-corrected chi connectivity index (χ1v) is 5.20. The van der Waals surface area contributed by atoms with Crippen LogP contribution >= 0.6 is 0 Å². The third kappa shape index (κ3) is 1.69. The Kier molecular flexibility index (Phi) is 2.38. The summed E-state index contributed by atoms with van der Waals surface area (Å²) in [5.41, 5.74) is 7.50. The van der Waals surface area contributed by atoms with Gasteiger partial charge in [-0.05, 0) is 26.7 Å². The summed E-state index contributed by atoms with van der Waals surface area (Å²) in [6, 6.07) is 0.306. The molecular weight excluding hydrogens is 192 g/mol. The zero-order valence-corrected chi connectivity index (χ0v) is 9.01. The molecule has 1 heterocycles. The van der Waals surface area contributed by atoms with Crippen molar-refractivity contribution in [3.63, 3.8) is 0 Å². The van der Waals surface area contributed by atoms with E-state index in [1.807, 2.05) is 4.68 Å². The normalized spacial score (nSPS) is 17.4. The van der Waals surface area contributed by atoms with Gasteiger partial charge in [0.1, 0.15) is 0 Å².